The SMILES string of the molecule is CO/C=C(\C(=O)OC)c1ccccc1COc1cc(C)c(/C=N/OCc2cccc(OC)c2)cc1C. The fraction of sp³-hybridized carbons (Fsp3) is 0.241. The van der Waals surface area contributed by atoms with E-state index in [9.17, 15) is 4.79 Å². The highest BCUT2D eigenvalue weighted by molar-refractivity contribution is 6.16. The summed E-state index contributed by atoms with van der Waals surface area (Å²) in [5, 5.41) is 4.12. The third-order valence-corrected chi connectivity index (χ3v) is 5.53. The van der Waals surface area contributed by atoms with Gasteiger partial charge in [-0.3, -0.25) is 0 Å². The van der Waals surface area contributed by atoms with Gasteiger partial charge in [-0.25, -0.2) is 4.79 Å². The molecule has 0 aliphatic carbocycles. The first kappa shape index (κ1) is 26.3. The van der Waals surface area contributed by atoms with Gasteiger partial charge in [0.2, 0.25) is 0 Å². The Kier molecular flexibility index (Phi) is 9.51. The van der Waals surface area contributed by atoms with Gasteiger partial charge in [-0.15, -0.1) is 0 Å². The zero-order chi connectivity index (χ0) is 25.9. The molecule has 7 nitrogen and oxygen atoms in total. The van der Waals surface area contributed by atoms with Gasteiger partial charge in [0, 0.05) is 0 Å². The molecular weight excluding hydrogens is 458 g/mol. The van der Waals surface area contributed by atoms with Crippen molar-refractivity contribution in [3.8, 4) is 11.5 Å². The normalized spacial score (nSPS) is 11.3. The van der Waals surface area contributed by atoms with Gasteiger partial charge in [-0.1, -0.05) is 41.6 Å². The molecule has 3 aromatic carbocycles. The Labute approximate surface area is 211 Å². The van der Waals surface area contributed by atoms with Gasteiger partial charge in [0.1, 0.15) is 30.3 Å². The molecule has 0 fully saturated rings. The van der Waals surface area contributed by atoms with Crippen molar-refractivity contribution in [2.45, 2.75) is 27.1 Å². The van der Waals surface area contributed by atoms with E-state index >= 15 is 0 Å². The number of carbonyl (C=O) groups excluding carboxylic acids is 1. The Hall–Kier alpha value is -4.26. The first-order valence-electron chi connectivity index (χ1n) is 11.4. The average molecular weight is 490 g/mol. The average Bonchev–Trinajstić information content (AvgIpc) is 2.90. The number of oxime groups is 1. The van der Waals surface area contributed by atoms with Crippen LogP contribution in [0.4, 0.5) is 0 Å². The van der Waals surface area contributed by atoms with E-state index in [4.69, 9.17) is 23.8 Å². The van der Waals surface area contributed by atoms with Crippen molar-refractivity contribution in [3.05, 3.63) is 100 Å². The maximum Gasteiger partial charge on any atom is 0.341 e. The third-order valence-electron chi connectivity index (χ3n) is 5.53. The lowest BCUT2D eigenvalue weighted by Crippen LogP contribution is -2.08. The van der Waals surface area contributed by atoms with Crippen LogP contribution < -0.4 is 9.47 Å². The first-order chi connectivity index (χ1) is 17.5. The summed E-state index contributed by atoms with van der Waals surface area (Å²) in [7, 11) is 4.46. The van der Waals surface area contributed by atoms with Crippen LogP contribution in [-0.2, 0) is 32.3 Å². The topological polar surface area (TPSA) is 75.6 Å². The van der Waals surface area contributed by atoms with E-state index in [1.165, 1.54) is 20.5 Å². The quantitative estimate of drug-likeness (QED) is 0.115. The summed E-state index contributed by atoms with van der Waals surface area (Å²) in [5.74, 6) is 1.04. The molecule has 36 heavy (non-hydrogen) atoms. The van der Waals surface area contributed by atoms with Crippen LogP contribution in [0, 0.1) is 13.8 Å². The van der Waals surface area contributed by atoms with Gasteiger partial charge >= 0.3 is 5.97 Å². The molecule has 188 valence electrons. The number of hydrogen-bond acceptors (Lipinski definition) is 7. The van der Waals surface area contributed by atoms with Crippen LogP contribution in [0.5, 0.6) is 11.5 Å². The molecule has 0 aliphatic rings. The summed E-state index contributed by atoms with van der Waals surface area (Å²) >= 11 is 0. The monoisotopic (exact) mass is 489 g/mol. The maximum absolute atomic E-state index is 12.2. The molecule has 0 N–H and O–H groups in total. The molecule has 7 heteroatoms. The minimum atomic E-state index is -0.478. The number of aryl methyl sites for hydroxylation is 2. The van der Waals surface area contributed by atoms with Crippen molar-refractivity contribution in [1.29, 1.82) is 0 Å². The van der Waals surface area contributed by atoms with Crippen LogP contribution in [0.15, 0.2) is 72.1 Å². The summed E-state index contributed by atoms with van der Waals surface area (Å²) in [6.07, 6.45) is 3.07. The van der Waals surface area contributed by atoms with Crippen LogP contribution in [0.2, 0.25) is 0 Å². The third kappa shape index (κ3) is 6.88. The lowest BCUT2D eigenvalue weighted by molar-refractivity contribution is -0.133. The summed E-state index contributed by atoms with van der Waals surface area (Å²) in [5.41, 5.74) is 5.70. The van der Waals surface area contributed by atoms with E-state index in [1.807, 2.05) is 74.5 Å². The molecule has 3 rings (SSSR count). The van der Waals surface area contributed by atoms with Crippen molar-refractivity contribution in [2.24, 2.45) is 5.16 Å². The Morgan fingerprint density at radius 1 is 0.917 bits per heavy atom. The van der Waals surface area contributed by atoms with Crippen molar-refractivity contribution in [3.63, 3.8) is 0 Å². The predicted octanol–water partition coefficient (Wildman–Crippen LogP) is 5.60. The van der Waals surface area contributed by atoms with Gasteiger partial charge in [0.15, 0.2) is 0 Å². The van der Waals surface area contributed by atoms with Crippen LogP contribution >= 0.6 is 0 Å². The smallest absolute Gasteiger partial charge is 0.341 e. The van der Waals surface area contributed by atoms with E-state index in [-0.39, 0.29) is 6.61 Å². The van der Waals surface area contributed by atoms with Crippen LogP contribution in [0.25, 0.3) is 5.57 Å². The zero-order valence-electron chi connectivity index (χ0n) is 21.2. The first-order valence-corrected chi connectivity index (χ1v) is 11.4. The second-order valence-electron chi connectivity index (χ2n) is 8.04. The second-order valence-corrected chi connectivity index (χ2v) is 8.04. The van der Waals surface area contributed by atoms with E-state index in [0.717, 1.165) is 39.3 Å². The van der Waals surface area contributed by atoms with E-state index in [1.54, 1.807) is 13.3 Å². The van der Waals surface area contributed by atoms with E-state index in [0.29, 0.717) is 17.7 Å². The highest BCUT2D eigenvalue weighted by Crippen LogP contribution is 2.26. The summed E-state index contributed by atoms with van der Waals surface area (Å²) in [6.45, 7) is 4.57. The van der Waals surface area contributed by atoms with Crippen LogP contribution in [-0.4, -0.2) is 33.5 Å². The minimum absolute atomic E-state index is 0.269. The number of carbonyl (C=O) groups is 1. The Morgan fingerprint density at radius 3 is 2.47 bits per heavy atom. The fourth-order valence-corrected chi connectivity index (χ4v) is 3.59. The second kappa shape index (κ2) is 13.0. The van der Waals surface area contributed by atoms with Gasteiger partial charge < -0.3 is 23.8 Å². The molecule has 0 saturated carbocycles. The molecule has 0 heterocycles. The molecule has 0 unspecified atom stereocenters. The number of nitrogens with zero attached hydrogens (tertiary/aromatic N) is 1. The van der Waals surface area contributed by atoms with Crippen molar-refractivity contribution in [2.75, 3.05) is 21.3 Å². The van der Waals surface area contributed by atoms with Crippen molar-refractivity contribution >= 4 is 17.8 Å². The number of esters is 1. The fourth-order valence-electron chi connectivity index (χ4n) is 3.59. The lowest BCUT2D eigenvalue weighted by atomic mass is 10.0. The van der Waals surface area contributed by atoms with E-state index in [2.05, 4.69) is 5.16 Å². The summed E-state index contributed by atoms with van der Waals surface area (Å²) in [6, 6.07) is 19.1. The van der Waals surface area contributed by atoms with Gasteiger partial charge in [-0.2, -0.15) is 0 Å². The van der Waals surface area contributed by atoms with Gasteiger partial charge in [0.05, 0.1) is 33.8 Å². The lowest BCUT2D eigenvalue weighted by Gasteiger charge is -2.15. The van der Waals surface area contributed by atoms with E-state index < -0.39 is 5.97 Å². The van der Waals surface area contributed by atoms with Gasteiger partial charge in [-0.05, 0) is 71.5 Å². The molecular formula is C29H31NO6. The zero-order valence-corrected chi connectivity index (χ0v) is 21.2. The summed E-state index contributed by atoms with van der Waals surface area (Å²) < 4.78 is 21.4. The van der Waals surface area contributed by atoms with Crippen molar-refractivity contribution in [1.82, 2.24) is 0 Å². The molecule has 0 radical (unpaired) electrons. The number of rotatable bonds is 11. The predicted molar refractivity (Wildman–Crippen MR) is 139 cm³/mol. The van der Waals surface area contributed by atoms with Crippen LogP contribution in [0.1, 0.15) is 33.4 Å². The molecule has 0 spiro atoms. The number of ether oxygens (including phenoxy) is 4. The number of benzene rings is 3. The highest BCUT2D eigenvalue weighted by atomic mass is 16.6. The maximum atomic E-state index is 12.2. The summed E-state index contributed by atoms with van der Waals surface area (Å²) in [4.78, 5) is 17.7. The van der Waals surface area contributed by atoms with Crippen LogP contribution in [0.3, 0.4) is 0 Å². The molecule has 3 aromatic rings. The number of hydrogen-bond donors (Lipinski definition) is 0. The molecule has 0 amide bonds. The Balaban J connectivity index is 1.69. The Bertz CT molecular complexity index is 1250. The number of methoxy groups -OCH3 is 3. The molecule has 0 aliphatic heterocycles. The molecule has 0 aromatic heterocycles. The Morgan fingerprint density at radius 2 is 1.72 bits per heavy atom. The largest absolute Gasteiger partial charge is 0.503 e. The minimum Gasteiger partial charge on any atom is -0.503 e. The molecule has 0 atom stereocenters. The molecule has 0 bridgehead atoms. The van der Waals surface area contributed by atoms with Gasteiger partial charge in [0.25, 0.3) is 0 Å². The molecule has 0 saturated heterocycles. The van der Waals surface area contributed by atoms with Crippen molar-refractivity contribution < 1.29 is 28.6 Å². The standard InChI is InChI=1S/C29H31NO6/c1-20-14-28(35-18-23-10-6-7-12-26(23)27(19-32-3)29(31)34-5)21(2)13-24(20)16-30-36-17-22-9-8-11-25(15-22)33-4/h6-16,19H,17-18H2,1-5H3/b27-19-,30-16+. The highest BCUT2D eigenvalue weighted by Gasteiger charge is 2.17.